The van der Waals surface area contributed by atoms with Gasteiger partial charge in [0, 0.05) is 28.5 Å². The first-order valence-corrected chi connectivity index (χ1v) is 6.68. The summed E-state index contributed by atoms with van der Waals surface area (Å²) in [5.74, 6) is -1.02. The Hall–Kier alpha value is -2.81. The first-order chi connectivity index (χ1) is 10.5. The highest BCUT2D eigenvalue weighted by molar-refractivity contribution is 9.10. The number of carbonyl (C=O) groups is 1. The molecule has 0 aliphatic rings. The fourth-order valence-corrected chi connectivity index (χ4v) is 1.93. The number of phenols is 1. The van der Waals surface area contributed by atoms with Crippen LogP contribution in [0.3, 0.4) is 0 Å². The molecule has 8 nitrogen and oxygen atoms in total. The van der Waals surface area contributed by atoms with Crippen LogP contribution in [0, 0.1) is 10.1 Å². The number of hydrogen-bond acceptors (Lipinski definition) is 6. The van der Waals surface area contributed by atoms with Crippen molar-refractivity contribution < 1.29 is 14.8 Å². The molecular weight excluding hydrogens is 356 g/mol. The fraction of sp³-hybridized carbons (Fsp3) is 0. The van der Waals surface area contributed by atoms with Gasteiger partial charge in [0.05, 0.1) is 16.7 Å². The molecule has 0 saturated carbocycles. The molecule has 0 saturated heterocycles. The number of nitro groups is 1. The summed E-state index contributed by atoms with van der Waals surface area (Å²) < 4.78 is 0.639. The largest absolute Gasteiger partial charge is 0.502 e. The molecule has 0 bridgehead atoms. The lowest BCUT2D eigenvalue weighted by Crippen LogP contribution is -2.17. The van der Waals surface area contributed by atoms with Crippen LogP contribution in [0.25, 0.3) is 0 Å². The number of aromatic hydroxyl groups is 1. The normalized spacial score (nSPS) is 10.6. The number of hydrogen-bond donors (Lipinski definition) is 2. The SMILES string of the molecule is O=C(N/N=C\c1cccc([N+](=O)[O-])c1O)c1cncc(Br)c1. The number of aromatic nitrogens is 1. The second kappa shape index (κ2) is 6.76. The molecule has 112 valence electrons. The molecule has 2 N–H and O–H groups in total. The number of nitro benzene ring substituents is 1. The van der Waals surface area contributed by atoms with Gasteiger partial charge in [-0.15, -0.1) is 0 Å². The maximum Gasteiger partial charge on any atom is 0.311 e. The summed E-state index contributed by atoms with van der Waals surface area (Å²) in [6, 6.07) is 5.55. The van der Waals surface area contributed by atoms with Gasteiger partial charge in [0.15, 0.2) is 0 Å². The monoisotopic (exact) mass is 364 g/mol. The zero-order valence-corrected chi connectivity index (χ0v) is 12.5. The Kier molecular flexibility index (Phi) is 4.79. The zero-order chi connectivity index (χ0) is 16.1. The average molecular weight is 365 g/mol. The molecule has 0 radical (unpaired) electrons. The van der Waals surface area contributed by atoms with Gasteiger partial charge in [-0.25, -0.2) is 5.43 Å². The third-order valence-electron chi connectivity index (χ3n) is 2.58. The van der Waals surface area contributed by atoms with Gasteiger partial charge in [0.2, 0.25) is 5.75 Å². The van der Waals surface area contributed by atoms with Crippen LogP contribution in [0.15, 0.2) is 46.2 Å². The van der Waals surface area contributed by atoms with Crippen molar-refractivity contribution in [2.24, 2.45) is 5.10 Å². The summed E-state index contributed by atoms with van der Waals surface area (Å²) in [4.78, 5) is 25.6. The van der Waals surface area contributed by atoms with Crippen molar-refractivity contribution in [2.75, 3.05) is 0 Å². The second-order valence-electron chi connectivity index (χ2n) is 4.06. The van der Waals surface area contributed by atoms with Crippen LogP contribution in [0.2, 0.25) is 0 Å². The molecule has 0 unspecified atom stereocenters. The minimum atomic E-state index is -0.710. The second-order valence-corrected chi connectivity index (χ2v) is 4.98. The van der Waals surface area contributed by atoms with Crippen molar-refractivity contribution in [2.45, 2.75) is 0 Å². The molecule has 2 rings (SSSR count). The van der Waals surface area contributed by atoms with Crippen LogP contribution in [0.5, 0.6) is 5.75 Å². The number of hydrazone groups is 1. The van der Waals surface area contributed by atoms with Crippen LogP contribution in [0.1, 0.15) is 15.9 Å². The molecule has 0 atom stereocenters. The van der Waals surface area contributed by atoms with E-state index < -0.39 is 22.3 Å². The van der Waals surface area contributed by atoms with E-state index in [1.54, 1.807) is 6.07 Å². The Morgan fingerprint density at radius 2 is 2.23 bits per heavy atom. The summed E-state index contributed by atoms with van der Waals surface area (Å²) in [5.41, 5.74) is 2.20. The lowest BCUT2D eigenvalue weighted by Gasteiger charge is -2.01. The Labute approximate surface area is 132 Å². The number of carbonyl (C=O) groups excluding carboxylic acids is 1. The van der Waals surface area contributed by atoms with Gasteiger partial charge in [-0.1, -0.05) is 6.07 Å². The van der Waals surface area contributed by atoms with E-state index in [0.717, 1.165) is 6.21 Å². The summed E-state index contributed by atoms with van der Waals surface area (Å²) in [7, 11) is 0. The van der Waals surface area contributed by atoms with Gasteiger partial charge in [-0.3, -0.25) is 19.9 Å². The van der Waals surface area contributed by atoms with Crippen molar-refractivity contribution in [3.05, 3.63) is 62.4 Å². The Bertz CT molecular complexity index is 763. The number of halogens is 1. The van der Waals surface area contributed by atoms with Crippen LogP contribution in [-0.4, -0.2) is 27.1 Å². The Morgan fingerprint density at radius 3 is 2.91 bits per heavy atom. The number of pyridine rings is 1. The van der Waals surface area contributed by atoms with E-state index in [9.17, 15) is 20.0 Å². The Morgan fingerprint density at radius 1 is 1.45 bits per heavy atom. The van der Waals surface area contributed by atoms with E-state index >= 15 is 0 Å². The molecule has 1 amide bonds. The highest BCUT2D eigenvalue weighted by Gasteiger charge is 2.15. The minimum absolute atomic E-state index is 0.113. The van der Waals surface area contributed by atoms with E-state index in [1.807, 2.05) is 0 Å². The van der Waals surface area contributed by atoms with Crippen LogP contribution < -0.4 is 5.43 Å². The standard InChI is InChI=1S/C13H9BrN4O4/c14-10-4-9(5-15-7-10)13(20)17-16-6-8-2-1-3-11(12(8)19)18(21)22/h1-7,19H,(H,17,20)/b16-6-. The number of nitrogens with one attached hydrogen (secondary N) is 1. The predicted molar refractivity (Wildman–Crippen MR) is 81.8 cm³/mol. The molecule has 1 aromatic heterocycles. The third-order valence-corrected chi connectivity index (χ3v) is 3.01. The highest BCUT2D eigenvalue weighted by Crippen LogP contribution is 2.27. The fourth-order valence-electron chi connectivity index (χ4n) is 1.56. The van der Waals surface area contributed by atoms with E-state index in [2.05, 4.69) is 31.4 Å². The number of nitrogens with zero attached hydrogens (tertiary/aromatic N) is 3. The van der Waals surface area contributed by atoms with Gasteiger partial charge in [0.25, 0.3) is 5.91 Å². The van der Waals surface area contributed by atoms with Crippen molar-refractivity contribution in [1.82, 2.24) is 10.4 Å². The summed E-state index contributed by atoms with van der Waals surface area (Å²) in [5, 5.41) is 24.1. The van der Waals surface area contributed by atoms with Crippen LogP contribution in [-0.2, 0) is 0 Å². The molecule has 0 aliphatic carbocycles. The van der Waals surface area contributed by atoms with Crippen molar-refractivity contribution in [1.29, 1.82) is 0 Å². The van der Waals surface area contributed by atoms with Gasteiger partial charge in [-0.05, 0) is 28.1 Å². The van der Waals surface area contributed by atoms with E-state index in [1.165, 1.54) is 30.6 Å². The predicted octanol–water partition coefficient (Wildman–Crippen LogP) is 2.22. The zero-order valence-electron chi connectivity index (χ0n) is 10.9. The molecule has 0 spiro atoms. The van der Waals surface area contributed by atoms with Gasteiger partial charge < -0.3 is 5.11 Å². The summed E-state index contributed by atoms with van der Waals surface area (Å²) >= 11 is 3.19. The third kappa shape index (κ3) is 3.64. The smallest absolute Gasteiger partial charge is 0.311 e. The number of rotatable bonds is 4. The first kappa shape index (κ1) is 15.6. The number of amides is 1. The summed E-state index contributed by atoms with van der Waals surface area (Å²) in [6.45, 7) is 0. The van der Waals surface area contributed by atoms with Gasteiger partial charge >= 0.3 is 5.69 Å². The number of para-hydroxylation sites is 1. The summed E-state index contributed by atoms with van der Waals surface area (Å²) in [6.07, 6.45) is 4.01. The molecular formula is C13H9BrN4O4. The first-order valence-electron chi connectivity index (χ1n) is 5.89. The molecule has 1 heterocycles. The van der Waals surface area contributed by atoms with Crippen molar-refractivity contribution in [3.8, 4) is 5.75 Å². The van der Waals surface area contributed by atoms with E-state index in [0.29, 0.717) is 4.47 Å². The van der Waals surface area contributed by atoms with E-state index in [4.69, 9.17) is 0 Å². The molecule has 22 heavy (non-hydrogen) atoms. The molecule has 2 aromatic rings. The number of phenolic OH excluding ortho intramolecular Hbond substituents is 1. The molecule has 0 aliphatic heterocycles. The topological polar surface area (TPSA) is 118 Å². The van der Waals surface area contributed by atoms with Crippen LogP contribution >= 0.6 is 15.9 Å². The molecule has 1 aromatic carbocycles. The van der Waals surface area contributed by atoms with Gasteiger partial charge in [-0.2, -0.15) is 5.10 Å². The quantitative estimate of drug-likeness (QED) is 0.489. The minimum Gasteiger partial charge on any atom is -0.502 e. The number of benzene rings is 1. The maximum absolute atomic E-state index is 11.8. The lowest BCUT2D eigenvalue weighted by atomic mass is 10.2. The van der Waals surface area contributed by atoms with E-state index in [-0.39, 0.29) is 11.1 Å². The highest BCUT2D eigenvalue weighted by atomic mass is 79.9. The van der Waals surface area contributed by atoms with Crippen molar-refractivity contribution in [3.63, 3.8) is 0 Å². The lowest BCUT2D eigenvalue weighted by molar-refractivity contribution is -0.385. The Balaban J connectivity index is 2.12. The molecule has 0 fully saturated rings. The van der Waals surface area contributed by atoms with Gasteiger partial charge in [0.1, 0.15) is 0 Å². The van der Waals surface area contributed by atoms with Crippen molar-refractivity contribution >= 4 is 33.7 Å². The average Bonchev–Trinajstić information content (AvgIpc) is 2.48. The van der Waals surface area contributed by atoms with Crippen LogP contribution in [0.4, 0.5) is 5.69 Å². The molecule has 9 heteroatoms. The maximum atomic E-state index is 11.8.